The fourth-order valence-corrected chi connectivity index (χ4v) is 5.88. The number of aromatic nitrogens is 4. The summed E-state index contributed by atoms with van der Waals surface area (Å²) in [6.45, 7) is 11.1. The molecular formula is C35H38FN7O3. The molecule has 0 spiro atoms. The first kappa shape index (κ1) is 31.1. The molecule has 0 saturated carbocycles. The maximum atomic E-state index is 15.4. The monoisotopic (exact) mass is 623 g/mol. The number of hydrogen-bond acceptors (Lipinski definition) is 8. The van der Waals surface area contributed by atoms with Gasteiger partial charge in [-0.3, -0.25) is 9.59 Å². The second kappa shape index (κ2) is 12.1. The lowest BCUT2D eigenvalue weighted by Crippen LogP contribution is -2.44. The zero-order valence-corrected chi connectivity index (χ0v) is 26.7. The maximum Gasteiger partial charge on any atom is 0.282 e. The van der Waals surface area contributed by atoms with Crippen LogP contribution in [0.3, 0.4) is 0 Å². The molecule has 0 bridgehead atoms. The van der Waals surface area contributed by atoms with E-state index in [9.17, 15) is 14.7 Å². The van der Waals surface area contributed by atoms with Crippen molar-refractivity contribution in [2.24, 2.45) is 0 Å². The van der Waals surface area contributed by atoms with Gasteiger partial charge in [0.1, 0.15) is 17.3 Å². The number of aliphatic hydroxyl groups is 1. The van der Waals surface area contributed by atoms with Crippen molar-refractivity contribution in [2.75, 3.05) is 43.4 Å². The minimum absolute atomic E-state index is 0.0739. The predicted octanol–water partition coefficient (Wildman–Crippen LogP) is 4.87. The van der Waals surface area contributed by atoms with Crippen molar-refractivity contribution in [3.05, 3.63) is 104 Å². The average Bonchev–Trinajstić information content (AvgIpc) is 3.02. The Labute approximate surface area is 266 Å². The van der Waals surface area contributed by atoms with Crippen molar-refractivity contribution >= 4 is 28.0 Å². The van der Waals surface area contributed by atoms with E-state index in [0.29, 0.717) is 39.3 Å². The van der Waals surface area contributed by atoms with E-state index in [4.69, 9.17) is 0 Å². The molecule has 46 heavy (non-hydrogen) atoms. The van der Waals surface area contributed by atoms with Crippen molar-refractivity contribution in [1.82, 2.24) is 24.6 Å². The van der Waals surface area contributed by atoms with Crippen molar-refractivity contribution in [1.29, 1.82) is 0 Å². The van der Waals surface area contributed by atoms with Crippen LogP contribution in [0.2, 0.25) is 0 Å². The Morgan fingerprint density at radius 2 is 1.76 bits per heavy atom. The van der Waals surface area contributed by atoms with Crippen LogP contribution < -0.4 is 21.3 Å². The molecule has 6 rings (SSSR count). The number of piperazine rings is 1. The predicted molar refractivity (Wildman–Crippen MR) is 180 cm³/mol. The van der Waals surface area contributed by atoms with Gasteiger partial charge in [0.05, 0.1) is 35.8 Å². The van der Waals surface area contributed by atoms with E-state index in [2.05, 4.69) is 37.2 Å². The molecule has 2 aromatic carbocycles. The highest BCUT2D eigenvalue weighted by Crippen LogP contribution is 2.32. The molecule has 1 aliphatic rings. The van der Waals surface area contributed by atoms with Gasteiger partial charge in [-0.05, 0) is 66.9 Å². The summed E-state index contributed by atoms with van der Waals surface area (Å²) in [6.07, 6.45) is 3.27. The number of pyridine rings is 2. The molecule has 10 nitrogen and oxygen atoms in total. The largest absolute Gasteiger partial charge is 0.392 e. The Morgan fingerprint density at radius 1 is 1.00 bits per heavy atom. The summed E-state index contributed by atoms with van der Waals surface area (Å²) in [5.41, 5.74) is 3.29. The van der Waals surface area contributed by atoms with Gasteiger partial charge in [-0.2, -0.15) is 9.78 Å². The molecule has 238 valence electrons. The number of hydrogen-bond donors (Lipinski definition) is 3. The lowest BCUT2D eigenvalue weighted by Gasteiger charge is -2.33. The van der Waals surface area contributed by atoms with Gasteiger partial charge in [0.25, 0.3) is 11.1 Å². The molecule has 0 atom stereocenters. The Hall–Kier alpha value is -4.87. The minimum atomic E-state index is -0.631. The highest BCUT2D eigenvalue weighted by atomic mass is 19.1. The molecule has 0 amide bonds. The van der Waals surface area contributed by atoms with Crippen molar-refractivity contribution in [3.63, 3.8) is 0 Å². The van der Waals surface area contributed by atoms with E-state index in [0.717, 1.165) is 42.1 Å². The lowest BCUT2D eigenvalue weighted by molar-refractivity contribution is 0.282. The van der Waals surface area contributed by atoms with E-state index in [1.807, 2.05) is 32.9 Å². The summed E-state index contributed by atoms with van der Waals surface area (Å²) < 4.78 is 16.5. The fraction of sp³-hybridized carbons (Fsp3) is 0.314. The van der Waals surface area contributed by atoms with Gasteiger partial charge in [0, 0.05) is 48.4 Å². The lowest BCUT2D eigenvalue weighted by atomic mass is 9.86. The highest BCUT2D eigenvalue weighted by Gasteiger charge is 2.21. The summed E-state index contributed by atoms with van der Waals surface area (Å²) in [4.78, 5) is 38.7. The van der Waals surface area contributed by atoms with Crippen LogP contribution in [0.25, 0.3) is 27.6 Å². The van der Waals surface area contributed by atoms with E-state index in [1.165, 1.54) is 12.3 Å². The summed E-state index contributed by atoms with van der Waals surface area (Å²) in [7, 11) is 2.11. The molecule has 1 saturated heterocycles. The Morgan fingerprint density at radius 3 is 2.43 bits per heavy atom. The van der Waals surface area contributed by atoms with Crippen LogP contribution in [-0.2, 0) is 12.0 Å². The summed E-state index contributed by atoms with van der Waals surface area (Å²) in [5.74, 6) is -0.111. The van der Waals surface area contributed by atoms with Crippen LogP contribution in [0.1, 0.15) is 37.6 Å². The number of nitrogens with one attached hydrogen (secondary N) is 2. The number of fused-ring (bicyclic) bond motifs is 1. The molecular weight excluding hydrogens is 585 g/mol. The summed E-state index contributed by atoms with van der Waals surface area (Å²) >= 11 is 0. The average molecular weight is 624 g/mol. The first-order chi connectivity index (χ1) is 21.9. The Kier molecular flexibility index (Phi) is 8.22. The number of aryl methyl sites for hydroxylation is 1. The van der Waals surface area contributed by atoms with Crippen LogP contribution in [0.4, 0.5) is 21.6 Å². The number of nitrogens with zero attached hydrogens (tertiary/aromatic N) is 5. The first-order valence-corrected chi connectivity index (χ1v) is 15.3. The van der Waals surface area contributed by atoms with Gasteiger partial charge in [-0.25, -0.2) is 9.37 Å². The van der Waals surface area contributed by atoms with Gasteiger partial charge in [-0.15, -0.1) is 0 Å². The number of rotatable bonds is 6. The maximum absolute atomic E-state index is 15.4. The second-order valence-corrected chi connectivity index (χ2v) is 12.9. The van der Waals surface area contributed by atoms with Gasteiger partial charge in [-0.1, -0.05) is 32.9 Å². The molecule has 1 aliphatic heterocycles. The zero-order valence-electron chi connectivity index (χ0n) is 26.7. The number of benzene rings is 2. The van der Waals surface area contributed by atoms with Crippen LogP contribution in [0.5, 0.6) is 0 Å². The molecule has 0 unspecified atom stereocenters. The van der Waals surface area contributed by atoms with Gasteiger partial charge >= 0.3 is 0 Å². The normalized spacial score (nSPS) is 14.2. The van der Waals surface area contributed by atoms with Gasteiger partial charge in [0.2, 0.25) is 0 Å². The van der Waals surface area contributed by atoms with E-state index < -0.39 is 18.0 Å². The zero-order chi connectivity index (χ0) is 32.7. The highest BCUT2D eigenvalue weighted by molar-refractivity contribution is 5.83. The molecule has 1 fully saturated rings. The molecule has 5 aromatic rings. The van der Waals surface area contributed by atoms with Gasteiger partial charge in [0.15, 0.2) is 0 Å². The number of H-pyrrole nitrogens is 1. The topological polar surface area (TPSA) is 119 Å². The molecule has 3 N–H and O–H groups in total. The summed E-state index contributed by atoms with van der Waals surface area (Å²) in [6, 6.07) is 13.9. The van der Waals surface area contributed by atoms with Crippen molar-refractivity contribution < 1.29 is 9.50 Å². The quantitative estimate of drug-likeness (QED) is 0.245. The SMILES string of the molecule is Cc1[nH]c(=O)c(Nc2ccc(N3CCN(C)CC3)cn2)cc1-c1cccc(-n2ncc3cc(C(C)(C)C)cc(F)c3c2=O)c1CO. The molecule has 11 heteroatoms. The smallest absolute Gasteiger partial charge is 0.282 e. The standard InChI is InChI=1S/C35H38FN7O3/c1-21-26(17-29(33(45)39-21)40-31-10-9-24(19-37-31)42-13-11-41(5)12-14-42)25-7-6-8-30(27(25)20-44)43-34(46)32-22(18-38-43)15-23(16-28(32)36)35(2,3)4/h6-10,15-19,44H,11-14,20H2,1-5H3,(H,37,40)(H,39,45). The van der Waals surface area contributed by atoms with Crippen molar-refractivity contribution in [3.8, 4) is 16.8 Å². The number of aromatic amines is 1. The Bertz CT molecular complexity index is 2040. The molecule has 0 radical (unpaired) electrons. The van der Waals surface area contributed by atoms with Crippen LogP contribution in [0, 0.1) is 12.7 Å². The third-order valence-electron chi connectivity index (χ3n) is 8.65. The molecule has 4 heterocycles. The number of halogens is 1. The number of likely N-dealkylation sites (N-methyl/N-ethyl adjacent to an activating group) is 1. The summed E-state index contributed by atoms with van der Waals surface area (Å²) in [5, 5.41) is 18.4. The molecule has 0 aliphatic carbocycles. The van der Waals surface area contributed by atoms with Crippen LogP contribution >= 0.6 is 0 Å². The van der Waals surface area contributed by atoms with Crippen LogP contribution in [-0.4, -0.2) is 63.0 Å². The second-order valence-electron chi connectivity index (χ2n) is 12.9. The first-order valence-electron chi connectivity index (χ1n) is 15.3. The Balaban J connectivity index is 1.37. The van der Waals surface area contributed by atoms with E-state index >= 15 is 4.39 Å². The third-order valence-corrected chi connectivity index (χ3v) is 8.65. The minimum Gasteiger partial charge on any atom is -0.392 e. The third kappa shape index (κ3) is 5.91. The van der Waals surface area contributed by atoms with E-state index in [1.54, 1.807) is 43.5 Å². The van der Waals surface area contributed by atoms with Crippen LogP contribution in [0.15, 0.2) is 70.5 Å². The van der Waals surface area contributed by atoms with E-state index in [-0.39, 0.29) is 22.0 Å². The molecule has 3 aromatic heterocycles. The van der Waals surface area contributed by atoms with Gasteiger partial charge < -0.3 is 25.2 Å². The number of anilines is 3. The number of aliphatic hydroxyl groups excluding tert-OH is 1. The fourth-order valence-electron chi connectivity index (χ4n) is 5.88. The van der Waals surface area contributed by atoms with Crippen molar-refractivity contribution in [2.45, 2.75) is 39.7 Å².